The molecule has 0 spiro atoms. The summed E-state index contributed by atoms with van der Waals surface area (Å²) in [5.41, 5.74) is 2.02. The summed E-state index contributed by atoms with van der Waals surface area (Å²) < 4.78 is 18.8. The Labute approximate surface area is 133 Å². The monoisotopic (exact) mass is 310 g/mol. The van der Waals surface area contributed by atoms with E-state index in [4.69, 9.17) is 4.52 Å². The van der Waals surface area contributed by atoms with E-state index in [2.05, 4.69) is 5.16 Å². The summed E-state index contributed by atoms with van der Waals surface area (Å²) in [6, 6.07) is 15.5. The molecule has 0 aliphatic rings. The lowest BCUT2D eigenvalue weighted by molar-refractivity contribution is 0.0984. The summed E-state index contributed by atoms with van der Waals surface area (Å²) >= 11 is 0. The number of anilines is 1. The molecule has 0 aliphatic heterocycles. The summed E-state index contributed by atoms with van der Waals surface area (Å²) in [6.45, 7) is 1.68. The topological polar surface area (TPSA) is 46.3 Å². The van der Waals surface area contributed by atoms with Crippen LogP contribution in [0.3, 0.4) is 0 Å². The molecule has 0 fully saturated rings. The molecule has 0 aliphatic carbocycles. The van der Waals surface area contributed by atoms with Gasteiger partial charge in [-0.15, -0.1) is 0 Å². The van der Waals surface area contributed by atoms with Crippen molar-refractivity contribution in [3.8, 4) is 11.3 Å². The Hall–Kier alpha value is -2.95. The maximum atomic E-state index is 13.6. The van der Waals surface area contributed by atoms with E-state index in [9.17, 15) is 9.18 Å². The Kier molecular flexibility index (Phi) is 3.93. The van der Waals surface area contributed by atoms with E-state index in [1.165, 1.54) is 17.0 Å². The fourth-order valence-electron chi connectivity index (χ4n) is 2.20. The second kappa shape index (κ2) is 6.04. The zero-order valence-electron chi connectivity index (χ0n) is 12.8. The SMILES string of the molecule is Cc1ccc(-c2cc(C(=O)N(C)c3ccccc3)no2)cc1F. The van der Waals surface area contributed by atoms with E-state index in [0.29, 0.717) is 16.9 Å². The molecule has 0 atom stereocenters. The number of benzene rings is 2. The van der Waals surface area contributed by atoms with Crippen molar-refractivity contribution in [1.82, 2.24) is 5.16 Å². The number of amides is 1. The molecular weight excluding hydrogens is 295 g/mol. The van der Waals surface area contributed by atoms with Gasteiger partial charge in [0.1, 0.15) is 5.82 Å². The second-order valence-corrected chi connectivity index (χ2v) is 5.24. The molecule has 0 unspecified atom stereocenters. The number of hydrogen-bond donors (Lipinski definition) is 0. The second-order valence-electron chi connectivity index (χ2n) is 5.24. The number of halogens is 1. The van der Waals surface area contributed by atoms with Crippen LogP contribution in [0.2, 0.25) is 0 Å². The first-order valence-corrected chi connectivity index (χ1v) is 7.12. The van der Waals surface area contributed by atoms with Crippen LogP contribution in [0, 0.1) is 12.7 Å². The zero-order valence-corrected chi connectivity index (χ0v) is 12.8. The number of nitrogens with zero attached hydrogens (tertiary/aromatic N) is 2. The predicted molar refractivity (Wildman–Crippen MR) is 85.8 cm³/mol. The number of carbonyl (C=O) groups is 1. The Morgan fingerprint density at radius 1 is 1.13 bits per heavy atom. The molecule has 116 valence electrons. The number of aryl methyl sites for hydroxylation is 1. The van der Waals surface area contributed by atoms with Crippen molar-refractivity contribution in [3.63, 3.8) is 0 Å². The average Bonchev–Trinajstić information content (AvgIpc) is 3.07. The van der Waals surface area contributed by atoms with Gasteiger partial charge in [-0.2, -0.15) is 0 Å². The van der Waals surface area contributed by atoms with Crippen molar-refractivity contribution in [2.24, 2.45) is 0 Å². The molecule has 5 heteroatoms. The Morgan fingerprint density at radius 3 is 2.57 bits per heavy atom. The van der Waals surface area contributed by atoms with E-state index in [1.807, 2.05) is 30.3 Å². The van der Waals surface area contributed by atoms with Crippen molar-refractivity contribution >= 4 is 11.6 Å². The molecule has 1 heterocycles. The average molecular weight is 310 g/mol. The maximum absolute atomic E-state index is 13.6. The summed E-state index contributed by atoms with van der Waals surface area (Å²) in [5.74, 6) is -0.263. The van der Waals surface area contributed by atoms with E-state index in [0.717, 1.165) is 5.69 Å². The Balaban J connectivity index is 1.86. The fraction of sp³-hybridized carbons (Fsp3) is 0.111. The van der Waals surface area contributed by atoms with Gasteiger partial charge in [-0.3, -0.25) is 4.79 Å². The van der Waals surface area contributed by atoms with Gasteiger partial charge >= 0.3 is 0 Å². The normalized spacial score (nSPS) is 10.6. The van der Waals surface area contributed by atoms with Crippen LogP contribution in [-0.2, 0) is 0 Å². The highest BCUT2D eigenvalue weighted by molar-refractivity contribution is 6.04. The number of aromatic nitrogens is 1. The van der Waals surface area contributed by atoms with E-state index >= 15 is 0 Å². The highest BCUT2D eigenvalue weighted by atomic mass is 19.1. The molecule has 0 saturated heterocycles. The largest absolute Gasteiger partial charge is 0.355 e. The molecule has 3 aromatic rings. The predicted octanol–water partition coefficient (Wildman–Crippen LogP) is 4.07. The first kappa shape index (κ1) is 15.0. The zero-order chi connectivity index (χ0) is 16.4. The van der Waals surface area contributed by atoms with Gasteiger partial charge in [0.05, 0.1) is 0 Å². The van der Waals surface area contributed by atoms with Crippen LogP contribution in [0.25, 0.3) is 11.3 Å². The van der Waals surface area contributed by atoms with Crippen LogP contribution in [-0.4, -0.2) is 18.1 Å². The summed E-state index contributed by atoms with van der Waals surface area (Å²) in [4.78, 5) is 13.9. The van der Waals surface area contributed by atoms with Crippen LogP contribution >= 0.6 is 0 Å². The van der Waals surface area contributed by atoms with E-state index in [-0.39, 0.29) is 17.4 Å². The Bertz CT molecular complexity index is 843. The van der Waals surface area contributed by atoms with Crippen molar-refractivity contribution in [3.05, 3.63) is 71.7 Å². The highest BCUT2D eigenvalue weighted by Crippen LogP contribution is 2.24. The van der Waals surface area contributed by atoms with Gasteiger partial charge in [0.15, 0.2) is 11.5 Å². The molecule has 4 nitrogen and oxygen atoms in total. The van der Waals surface area contributed by atoms with Crippen molar-refractivity contribution in [2.45, 2.75) is 6.92 Å². The Morgan fingerprint density at radius 2 is 1.87 bits per heavy atom. The summed E-state index contributed by atoms with van der Waals surface area (Å²) in [6.07, 6.45) is 0. The first-order chi connectivity index (χ1) is 11.1. The smallest absolute Gasteiger partial charge is 0.280 e. The third-order valence-electron chi connectivity index (χ3n) is 3.63. The highest BCUT2D eigenvalue weighted by Gasteiger charge is 2.19. The number of para-hydroxylation sites is 1. The first-order valence-electron chi connectivity index (χ1n) is 7.12. The molecule has 0 radical (unpaired) electrons. The number of carbonyl (C=O) groups excluding carboxylic acids is 1. The van der Waals surface area contributed by atoms with Gasteiger partial charge in [-0.25, -0.2) is 4.39 Å². The van der Waals surface area contributed by atoms with Crippen LogP contribution in [0.4, 0.5) is 10.1 Å². The lowest BCUT2D eigenvalue weighted by Crippen LogP contribution is -2.26. The minimum Gasteiger partial charge on any atom is -0.355 e. The van der Waals surface area contributed by atoms with Gasteiger partial charge < -0.3 is 9.42 Å². The molecular formula is C18H15FN2O2. The van der Waals surface area contributed by atoms with Crippen LogP contribution < -0.4 is 4.90 Å². The van der Waals surface area contributed by atoms with Gasteiger partial charge in [0.25, 0.3) is 5.91 Å². The molecule has 2 aromatic carbocycles. The number of rotatable bonds is 3. The van der Waals surface area contributed by atoms with Crippen molar-refractivity contribution in [2.75, 3.05) is 11.9 Å². The standard InChI is InChI=1S/C18H15FN2O2/c1-12-8-9-13(10-15(12)19)17-11-16(20-23-17)18(22)21(2)14-6-4-3-5-7-14/h3-11H,1-2H3. The van der Waals surface area contributed by atoms with Gasteiger partial charge in [0, 0.05) is 24.4 Å². The third kappa shape index (κ3) is 2.99. The van der Waals surface area contributed by atoms with Gasteiger partial charge in [-0.1, -0.05) is 35.5 Å². The third-order valence-corrected chi connectivity index (χ3v) is 3.63. The molecule has 1 aromatic heterocycles. The maximum Gasteiger partial charge on any atom is 0.280 e. The van der Waals surface area contributed by atoms with Gasteiger partial charge in [0.2, 0.25) is 0 Å². The quantitative estimate of drug-likeness (QED) is 0.732. The van der Waals surface area contributed by atoms with Crippen LogP contribution in [0.15, 0.2) is 59.1 Å². The molecule has 0 N–H and O–H groups in total. The van der Waals surface area contributed by atoms with Crippen molar-refractivity contribution < 1.29 is 13.7 Å². The number of hydrogen-bond acceptors (Lipinski definition) is 3. The lowest BCUT2D eigenvalue weighted by Gasteiger charge is -2.15. The minimum atomic E-state index is -0.326. The van der Waals surface area contributed by atoms with Crippen molar-refractivity contribution in [1.29, 1.82) is 0 Å². The summed E-state index contributed by atoms with van der Waals surface area (Å²) in [5, 5.41) is 3.80. The van der Waals surface area contributed by atoms with Crippen LogP contribution in [0.1, 0.15) is 16.1 Å². The molecule has 0 bridgehead atoms. The van der Waals surface area contributed by atoms with E-state index < -0.39 is 0 Å². The lowest BCUT2D eigenvalue weighted by atomic mass is 10.1. The minimum absolute atomic E-state index is 0.173. The molecule has 3 rings (SSSR count). The summed E-state index contributed by atoms with van der Waals surface area (Å²) in [7, 11) is 1.66. The molecule has 23 heavy (non-hydrogen) atoms. The molecule has 0 saturated carbocycles. The fourth-order valence-corrected chi connectivity index (χ4v) is 2.20. The van der Waals surface area contributed by atoms with E-state index in [1.54, 1.807) is 26.1 Å². The van der Waals surface area contributed by atoms with Crippen LogP contribution in [0.5, 0.6) is 0 Å². The molecule has 1 amide bonds. The van der Waals surface area contributed by atoms with Gasteiger partial charge in [-0.05, 0) is 30.7 Å².